The number of ether oxygens (including phenoxy) is 8. The SMILES string of the molecule is O=C(Oc1ccc(OC(=O)c2ccc(OCCCCC3CO3)cc2)c2c1OC(F)(F)O2)c1ccc(OCCCCC2CO2)cc1. The molecule has 2 atom stereocenters. The number of hydrogen-bond acceptors (Lipinski definition) is 10. The maximum atomic E-state index is 14.1. The van der Waals surface area contributed by atoms with Gasteiger partial charge in [-0.1, -0.05) is 0 Å². The summed E-state index contributed by atoms with van der Waals surface area (Å²) in [5.41, 5.74) is 0.312. The first kappa shape index (κ1) is 30.6. The van der Waals surface area contributed by atoms with Gasteiger partial charge in [0.1, 0.15) is 11.5 Å². The van der Waals surface area contributed by atoms with E-state index in [2.05, 4.69) is 9.47 Å². The van der Waals surface area contributed by atoms with Crippen LogP contribution in [0.1, 0.15) is 59.2 Å². The Bertz CT molecular complexity index is 1370. The number of epoxide rings is 2. The summed E-state index contributed by atoms with van der Waals surface area (Å²) in [6, 6.07) is 14.8. The highest BCUT2D eigenvalue weighted by Gasteiger charge is 2.47. The van der Waals surface area contributed by atoms with Gasteiger partial charge in [-0.15, -0.1) is 8.78 Å². The van der Waals surface area contributed by atoms with Crippen LogP contribution in [-0.2, 0) is 9.47 Å². The van der Waals surface area contributed by atoms with Crippen molar-refractivity contribution >= 4 is 11.9 Å². The predicted octanol–water partition coefficient (Wildman–Crippen LogP) is 6.34. The number of fused-ring (bicyclic) bond motifs is 1. The van der Waals surface area contributed by atoms with Crippen LogP contribution in [0.25, 0.3) is 0 Å². The number of alkyl halides is 2. The molecule has 10 nitrogen and oxygen atoms in total. The fourth-order valence-corrected chi connectivity index (χ4v) is 4.63. The number of benzene rings is 3. The molecule has 2 unspecified atom stereocenters. The van der Waals surface area contributed by atoms with Gasteiger partial charge in [0.2, 0.25) is 11.5 Å². The third-order valence-electron chi connectivity index (χ3n) is 7.25. The minimum atomic E-state index is -4.07. The zero-order valence-corrected chi connectivity index (χ0v) is 24.3. The van der Waals surface area contributed by atoms with Crippen molar-refractivity contribution in [1.82, 2.24) is 0 Å². The quantitative estimate of drug-likeness (QED) is 0.0772. The summed E-state index contributed by atoms with van der Waals surface area (Å²) in [5.74, 6) is -2.31. The number of carbonyl (C=O) groups excluding carboxylic acids is 2. The van der Waals surface area contributed by atoms with E-state index in [0.29, 0.717) is 36.9 Å². The molecule has 3 aromatic rings. The van der Waals surface area contributed by atoms with E-state index in [0.717, 1.165) is 51.7 Å². The molecule has 0 N–H and O–H groups in total. The number of rotatable bonds is 16. The lowest BCUT2D eigenvalue weighted by molar-refractivity contribution is -0.287. The molecule has 0 aromatic heterocycles. The van der Waals surface area contributed by atoms with Crippen molar-refractivity contribution in [3.63, 3.8) is 0 Å². The lowest BCUT2D eigenvalue weighted by atomic mass is 10.2. The van der Waals surface area contributed by atoms with E-state index in [1.165, 1.54) is 36.4 Å². The molecule has 0 amide bonds. The van der Waals surface area contributed by atoms with E-state index < -0.39 is 29.7 Å². The molecule has 3 aromatic carbocycles. The van der Waals surface area contributed by atoms with Crippen LogP contribution in [0.3, 0.4) is 0 Å². The topological polar surface area (TPSA) is 115 Å². The van der Waals surface area contributed by atoms with Crippen molar-refractivity contribution in [2.75, 3.05) is 26.4 Å². The van der Waals surface area contributed by atoms with Gasteiger partial charge in [0.15, 0.2) is 11.5 Å². The van der Waals surface area contributed by atoms with E-state index in [-0.39, 0.29) is 22.6 Å². The molecular formula is C33H32F2O10. The van der Waals surface area contributed by atoms with Gasteiger partial charge in [-0.3, -0.25) is 0 Å². The van der Waals surface area contributed by atoms with Gasteiger partial charge in [0.25, 0.3) is 0 Å². The number of halogens is 2. The van der Waals surface area contributed by atoms with Crippen molar-refractivity contribution in [3.8, 4) is 34.5 Å². The van der Waals surface area contributed by atoms with Crippen LogP contribution < -0.4 is 28.4 Å². The van der Waals surface area contributed by atoms with E-state index in [9.17, 15) is 18.4 Å². The number of hydrogen-bond donors (Lipinski definition) is 0. The highest BCUT2D eigenvalue weighted by atomic mass is 19.3. The Morgan fingerprint density at radius 3 is 1.42 bits per heavy atom. The van der Waals surface area contributed by atoms with Crippen molar-refractivity contribution < 1.29 is 56.3 Å². The minimum absolute atomic E-state index is 0.156. The van der Waals surface area contributed by atoms with Crippen molar-refractivity contribution in [2.45, 2.75) is 57.0 Å². The average Bonchev–Trinajstić information content (AvgIpc) is 3.97. The van der Waals surface area contributed by atoms with E-state index in [1.807, 2.05) is 0 Å². The van der Waals surface area contributed by atoms with Crippen molar-refractivity contribution in [2.24, 2.45) is 0 Å². The second-order valence-corrected chi connectivity index (χ2v) is 10.8. The molecule has 0 bridgehead atoms. The Labute approximate surface area is 258 Å². The standard InChI is InChI=1S/C33H32F2O10/c34-33(35)44-29-27(42-31(36)21-7-11-23(12-8-21)38-17-3-1-5-25-19-40-25)15-16-28(30(29)45-33)43-32(37)22-9-13-24(14-10-22)39-18-4-2-6-26-20-41-26/h7-16,25-26H,1-6,17-20H2. The molecule has 3 aliphatic heterocycles. The number of carbonyl (C=O) groups is 2. The Morgan fingerprint density at radius 1 is 0.644 bits per heavy atom. The van der Waals surface area contributed by atoms with E-state index in [1.54, 1.807) is 24.3 Å². The molecular weight excluding hydrogens is 594 g/mol. The molecule has 3 heterocycles. The third-order valence-corrected chi connectivity index (χ3v) is 7.25. The fourth-order valence-electron chi connectivity index (χ4n) is 4.63. The van der Waals surface area contributed by atoms with Crippen molar-refractivity contribution in [1.29, 1.82) is 0 Å². The van der Waals surface area contributed by atoms with Gasteiger partial charge in [-0.25, -0.2) is 9.59 Å². The summed E-state index contributed by atoms with van der Waals surface area (Å²) in [4.78, 5) is 25.6. The Hall–Kier alpha value is -4.42. The zero-order chi connectivity index (χ0) is 31.2. The van der Waals surface area contributed by atoms with Gasteiger partial charge >= 0.3 is 18.2 Å². The van der Waals surface area contributed by atoms with Crippen LogP contribution in [-0.4, -0.2) is 56.9 Å². The summed E-state index contributed by atoms with van der Waals surface area (Å²) < 4.78 is 69.9. The number of esters is 2. The molecule has 0 aliphatic carbocycles. The molecule has 12 heteroatoms. The normalized spacial score (nSPS) is 18.6. The summed E-state index contributed by atoms with van der Waals surface area (Å²) in [5, 5.41) is 0. The molecule has 0 spiro atoms. The lowest BCUT2D eigenvalue weighted by Gasteiger charge is -2.11. The molecule has 2 saturated heterocycles. The molecule has 45 heavy (non-hydrogen) atoms. The molecule has 3 aliphatic rings. The second-order valence-electron chi connectivity index (χ2n) is 10.8. The number of unbranched alkanes of at least 4 members (excludes halogenated alkanes) is 2. The zero-order valence-electron chi connectivity index (χ0n) is 24.3. The highest BCUT2D eigenvalue weighted by Crippen LogP contribution is 2.52. The van der Waals surface area contributed by atoms with Crippen LogP contribution in [0, 0.1) is 0 Å². The first-order valence-electron chi connectivity index (χ1n) is 14.9. The first-order valence-corrected chi connectivity index (χ1v) is 14.9. The first-order chi connectivity index (χ1) is 21.8. The van der Waals surface area contributed by atoms with Crippen LogP contribution in [0.5, 0.6) is 34.5 Å². The van der Waals surface area contributed by atoms with Gasteiger partial charge in [-0.05, 0) is 99.2 Å². The van der Waals surface area contributed by atoms with Crippen LogP contribution >= 0.6 is 0 Å². The summed E-state index contributed by atoms with van der Waals surface area (Å²) in [6.07, 6.45) is 2.51. The van der Waals surface area contributed by atoms with Gasteiger partial charge < -0.3 is 37.9 Å². The Morgan fingerprint density at radius 2 is 1.04 bits per heavy atom. The van der Waals surface area contributed by atoms with Crippen LogP contribution in [0.2, 0.25) is 0 Å². The van der Waals surface area contributed by atoms with Gasteiger partial charge in [-0.2, -0.15) is 0 Å². The molecule has 6 rings (SSSR count). The molecule has 0 radical (unpaired) electrons. The largest absolute Gasteiger partial charge is 0.586 e. The third kappa shape index (κ3) is 8.61. The Kier molecular flexibility index (Phi) is 9.31. The minimum Gasteiger partial charge on any atom is -0.494 e. The Balaban J connectivity index is 1.04. The summed E-state index contributed by atoms with van der Waals surface area (Å²) in [7, 11) is 0. The highest BCUT2D eigenvalue weighted by molar-refractivity contribution is 5.93. The second kappa shape index (κ2) is 13.7. The van der Waals surface area contributed by atoms with Gasteiger partial charge in [0, 0.05) is 0 Å². The van der Waals surface area contributed by atoms with Crippen LogP contribution in [0.4, 0.5) is 8.78 Å². The molecule has 0 saturated carbocycles. The smallest absolute Gasteiger partial charge is 0.494 e. The summed E-state index contributed by atoms with van der Waals surface area (Å²) >= 11 is 0. The van der Waals surface area contributed by atoms with E-state index >= 15 is 0 Å². The lowest BCUT2D eigenvalue weighted by Crippen LogP contribution is -2.26. The van der Waals surface area contributed by atoms with Crippen LogP contribution in [0.15, 0.2) is 60.7 Å². The fraction of sp³-hybridized carbons (Fsp3) is 0.394. The maximum absolute atomic E-state index is 14.1. The maximum Gasteiger partial charge on any atom is 0.586 e. The van der Waals surface area contributed by atoms with Gasteiger partial charge in [0.05, 0.1) is 49.8 Å². The van der Waals surface area contributed by atoms with Crippen molar-refractivity contribution in [3.05, 3.63) is 71.8 Å². The predicted molar refractivity (Wildman–Crippen MR) is 154 cm³/mol. The molecule has 2 fully saturated rings. The van der Waals surface area contributed by atoms with E-state index in [4.69, 9.17) is 28.4 Å². The average molecular weight is 627 g/mol. The monoisotopic (exact) mass is 626 g/mol. The summed E-state index contributed by atoms with van der Waals surface area (Å²) in [6.45, 7) is 2.73. The molecule has 238 valence electrons.